The van der Waals surface area contributed by atoms with E-state index in [0.717, 1.165) is 6.07 Å². The Morgan fingerprint density at radius 3 is 2.62 bits per heavy atom. The van der Waals surface area contributed by atoms with E-state index in [1.165, 1.54) is 4.90 Å². The van der Waals surface area contributed by atoms with Crippen molar-refractivity contribution in [1.82, 2.24) is 9.88 Å². The number of nitrogens with zero attached hydrogens (tertiary/aromatic N) is 3. The number of carbonyl (C=O) groups is 1. The minimum atomic E-state index is -4.59. The second-order valence-corrected chi connectivity index (χ2v) is 7.96. The monoisotopic (exact) mass is 414 g/mol. The van der Waals surface area contributed by atoms with Crippen molar-refractivity contribution in [2.75, 3.05) is 18.4 Å². The molecule has 160 valence electrons. The van der Waals surface area contributed by atoms with Crippen LogP contribution in [-0.4, -0.2) is 52.9 Å². The van der Waals surface area contributed by atoms with Crippen molar-refractivity contribution in [1.29, 1.82) is 5.26 Å². The van der Waals surface area contributed by atoms with Crippen molar-refractivity contribution in [3.05, 3.63) is 23.4 Å². The van der Waals surface area contributed by atoms with E-state index < -0.39 is 29.5 Å². The van der Waals surface area contributed by atoms with Crippen LogP contribution < -0.4 is 5.32 Å². The quantitative estimate of drug-likeness (QED) is 0.810. The van der Waals surface area contributed by atoms with Gasteiger partial charge in [-0.25, -0.2) is 9.78 Å². The first-order valence-corrected chi connectivity index (χ1v) is 9.18. The molecule has 0 unspecified atom stereocenters. The van der Waals surface area contributed by atoms with E-state index >= 15 is 0 Å². The van der Waals surface area contributed by atoms with Crippen molar-refractivity contribution in [3.8, 4) is 6.07 Å². The Morgan fingerprint density at radius 2 is 2.07 bits per heavy atom. The van der Waals surface area contributed by atoms with Crippen molar-refractivity contribution in [2.24, 2.45) is 0 Å². The van der Waals surface area contributed by atoms with Crippen LogP contribution in [0.1, 0.15) is 45.7 Å². The summed E-state index contributed by atoms with van der Waals surface area (Å²) in [5.41, 5.74) is -1.91. The molecule has 1 aliphatic heterocycles. The highest BCUT2D eigenvalue weighted by Crippen LogP contribution is 2.30. The predicted octanol–water partition coefficient (Wildman–Crippen LogP) is 3.80. The van der Waals surface area contributed by atoms with Gasteiger partial charge in [0, 0.05) is 12.7 Å². The molecule has 0 aliphatic carbocycles. The highest BCUT2D eigenvalue weighted by molar-refractivity contribution is 5.69. The number of anilines is 1. The van der Waals surface area contributed by atoms with Crippen molar-refractivity contribution >= 4 is 11.9 Å². The van der Waals surface area contributed by atoms with Crippen LogP contribution in [-0.2, 0) is 15.7 Å². The number of nitriles is 1. The van der Waals surface area contributed by atoms with Gasteiger partial charge < -0.3 is 14.8 Å². The maximum absolute atomic E-state index is 12.8. The molecule has 0 spiro atoms. The van der Waals surface area contributed by atoms with E-state index in [-0.39, 0.29) is 30.1 Å². The van der Waals surface area contributed by atoms with Crippen LogP contribution in [0.3, 0.4) is 0 Å². The van der Waals surface area contributed by atoms with Crippen molar-refractivity contribution < 1.29 is 27.4 Å². The molecule has 0 saturated carbocycles. The Morgan fingerprint density at radius 1 is 1.41 bits per heavy atom. The van der Waals surface area contributed by atoms with E-state index in [0.29, 0.717) is 12.7 Å². The van der Waals surface area contributed by atoms with Gasteiger partial charge >= 0.3 is 12.3 Å². The summed E-state index contributed by atoms with van der Waals surface area (Å²) in [5.74, 6) is 0.00969. The van der Waals surface area contributed by atoms with Crippen LogP contribution in [0.4, 0.5) is 23.8 Å². The molecule has 3 atom stereocenters. The fourth-order valence-corrected chi connectivity index (χ4v) is 3.02. The first-order chi connectivity index (χ1) is 13.3. The second-order valence-electron chi connectivity index (χ2n) is 7.96. The third-order valence-electron chi connectivity index (χ3n) is 4.29. The number of halogens is 3. The highest BCUT2D eigenvalue weighted by atomic mass is 19.4. The lowest BCUT2D eigenvalue weighted by Gasteiger charge is -2.43. The van der Waals surface area contributed by atoms with Gasteiger partial charge in [0.1, 0.15) is 17.5 Å². The molecule has 29 heavy (non-hydrogen) atoms. The Kier molecular flexibility index (Phi) is 6.63. The lowest BCUT2D eigenvalue weighted by Crippen LogP contribution is -2.58. The maximum atomic E-state index is 12.8. The van der Waals surface area contributed by atoms with Crippen LogP contribution in [0.25, 0.3) is 0 Å². The van der Waals surface area contributed by atoms with Gasteiger partial charge in [0.15, 0.2) is 0 Å². The van der Waals surface area contributed by atoms with Gasteiger partial charge in [-0.1, -0.05) is 0 Å². The Bertz CT molecular complexity index is 786. The molecule has 0 bridgehead atoms. The molecule has 1 saturated heterocycles. The molecule has 1 amide bonds. The molecule has 1 aliphatic rings. The first-order valence-electron chi connectivity index (χ1n) is 9.18. The average molecular weight is 414 g/mol. The number of nitrogens with one attached hydrogen (secondary N) is 1. The number of morpholine rings is 1. The number of amides is 1. The van der Waals surface area contributed by atoms with Gasteiger partial charge in [-0.2, -0.15) is 18.4 Å². The number of hydrogen-bond donors (Lipinski definition) is 1. The summed E-state index contributed by atoms with van der Waals surface area (Å²) in [6.07, 6.45) is -5.00. The molecule has 2 rings (SSSR count). The molecule has 0 radical (unpaired) electrons. The molecule has 1 fully saturated rings. The fraction of sp³-hybridized carbons (Fsp3) is 0.632. The molecule has 10 heteroatoms. The Hall–Kier alpha value is -2.54. The van der Waals surface area contributed by atoms with E-state index in [4.69, 9.17) is 9.47 Å². The summed E-state index contributed by atoms with van der Waals surface area (Å²) < 4.78 is 49.8. The molecule has 2 heterocycles. The smallest absolute Gasteiger partial charge is 0.417 e. The predicted molar refractivity (Wildman–Crippen MR) is 99.2 cm³/mol. The largest absolute Gasteiger partial charge is 0.444 e. The standard InChI is InChI=1S/C19H25F3N4O3/c1-11-10-26(17(27)29-18(3,4)5)15(12(2)28-11)9-25-16-13(7-23)6-14(8-24-16)19(20,21)22/h6,8,11-12,15H,9-10H2,1-5H3,(H,24,25)/t11-,12+,15-/m1/s1. The first kappa shape index (κ1) is 22.7. The van der Waals surface area contributed by atoms with Gasteiger partial charge in [-0.05, 0) is 40.7 Å². The molecular weight excluding hydrogens is 389 g/mol. The normalized spacial score (nSPS) is 22.7. The number of hydrogen-bond acceptors (Lipinski definition) is 6. The van der Waals surface area contributed by atoms with Crippen LogP contribution in [0.15, 0.2) is 12.3 Å². The minimum absolute atomic E-state index is 0.00969. The zero-order valence-electron chi connectivity index (χ0n) is 17.0. The van der Waals surface area contributed by atoms with Gasteiger partial charge in [0.05, 0.1) is 35.9 Å². The van der Waals surface area contributed by atoms with Crippen molar-refractivity contribution in [2.45, 2.75) is 64.6 Å². The topological polar surface area (TPSA) is 87.5 Å². The van der Waals surface area contributed by atoms with E-state index in [1.54, 1.807) is 33.8 Å². The van der Waals surface area contributed by atoms with Gasteiger partial charge in [0.2, 0.25) is 0 Å². The van der Waals surface area contributed by atoms with Gasteiger partial charge in [0.25, 0.3) is 0 Å². The number of alkyl halides is 3. The zero-order chi connectivity index (χ0) is 22.0. The van der Waals surface area contributed by atoms with Gasteiger partial charge in [-0.3, -0.25) is 4.90 Å². The summed E-state index contributed by atoms with van der Waals surface area (Å²) in [5, 5.41) is 12.1. The van der Waals surface area contributed by atoms with Crippen LogP contribution in [0.2, 0.25) is 0 Å². The summed E-state index contributed by atoms with van der Waals surface area (Å²) >= 11 is 0. The summed E-state index contributed by atoms with van der Waals surface area (Å²) in [6.45, 7) is 9.34. The lowest BCUT2D eigenvalue weighted by molar-refractivity contribution is -0.137. The zero-order valence-corrected chi connectivity index (χ0v) is 17.0. The SMILES string of the molecule is C[C@@H]1CN(C(=O)OC(C)(C)C)[C@H](CNc2ncc(C(F)(F)F)cc2C#N)[C@H](C)O1. The highest BCUT2D eigenvalue weighted by Gasteiger charge is 2.38. The number of carbonyl (C=O) groups excluding carboxylic acids is 1. The third-order valence-corrected chi connectivity index (χ3v) is 4.29. The van der Waals surface area contributed by atoms with Crippen LogP contribution in [0.5, 0.6) is 0 Å². The van der Waals surface area contributed by atoms with Crippen LogP contribution >= 0.6 is 0 Å². The molecule has 7 nitrogen and oxygen atoms in total. The Balaban J connectivity index is 2.20. The average Bonchev–Trinajstić information content (AvgIpc) is 2.57. The third kappa shape index (κ3) is 5.97. The van der Waals surface area contributed by atoms with E-state index in [2.05, 4.69) is 10.3 Å². The molecular formula is C19H25F3N4O3. The summed E-state index contributed by atoms with van der Waals surface area (Å²) in [7, 11) is 0. The molecule has 1 aromatic rings. The maximum Gasteiger partial charge on any atom is 0.417 e. The van der Waals surface area contributed by atoms with Gasteiger partial charge in [-0.15, -0.1) is 0 Å². The number of ether oxygens (including phenoxy) is 2. The minimum Gasteiger partial charge on any atom is -0.444 e. The Labute approximate surface area is 167 Å². The molecule has 0 aromatic carbocycles. The van der Waals surface area contributed by atoms with Crippen molar-refractivity contribution in [3.63, 3.8) is 0 Å². The molecule has 1 aromatic heterocycles. The number of rotatable bonds is 3. The van der Waals surface area contributed by atoms with E-state index in [9.17, 15) is 23.2 Å². The lowest BCUT2D eigenvalue weighted by atomic mass is 10.1. The van der Waals surface area contributed by atoms with E-state index in [1.807, 2.05) is 6.92 Å². The number of pyridine rings is 1. The number of aromatic nitrogens is 1. The molecule has 1 N–H and O–H groups in total. The second kappa shape index (κ2) is 8.45. The van der Waals surface area contributed by atoms with Crippen LogP contribution in [0, 0.1) is 11.3 Å². The summed E-state index contributed by atoms with van der Waals surface area (Å²) in [6, 6.07) is 2.00. The summed E-state index contributed by atoms with van der Waals surface area (Å²) in [4.78, 5) is 17.9. The fourth-order valence-electron chi connectivity index (χ4n) is 3.02.